The van der Waals surface area contributed by atoms with E-state index in [0.717, 1.165) is 17.5 Å². The van der Waals surface area contributed by atoms with Crippen LogP contribution in [0.4, 0.5) is 4.39 Å². The molecule has 0 radical (unpaired) electrons. The number of amides is 2. The second-order valence-corrected chi connectivity index (χ2v) is 9.07. The summed E-state index contributed by atoms with van der Waals surface area (Å²) in [6.45, 7) is 5.42. The second kappa shape index (κ2) is 9.70. The van der Waals surface area contributed by atoms with E-state index < -0.39 is 11.4 Å². The summed E-state index contributed by atoms with van der Waals surface area (Å²) in [5, 5.41) is 7.11. The third-order valence-electron chi connectivity index (χ3n) is 5.90. The van der Waals surface area contributed by atoms with Crippen LogP contribution in [0.25, 0.3) is 5.52 Å². The molecule has 2 amide bonds. The number of benzene rings is 1. The highest BCUT2D eigenvalue weighted by Crippen LogP contribution is 2.20. The number of ether oxygens (including phenoxy) is 1. The average molecular weight is 453 g/mol. The van der Waals surface area contributed by atoms with Crippen molar-refractivity contribution < 1.29 is 18.7 Å². The third kappa shape index (κ3) is 5.57. The quantitative estimate of drug-likeness (QED) is 0.624. The van der Waals surface area contributed by atoms with Gasteiger partial charge in [0.2, 0.25) is 11.8 Å². The first kappa shape index (κ1) is 22.9. The summed E-state index contributed by atoms with van der Waals surface area (Å²) in [7, 11) is 0. The number of carbonyl (C=O) groups is 2. The number of carbonyl (C=O) groups excluding carboxylic acids is 2. The maximum absolute atomic E-state index is 13.4. The number of pyridine rings is 1. The summed E-state index contributed by atoms with van der Waals surface area (Å²) >= 11 is 0. The topological polar surface area (TPSA) is 75.9 Å². The van der Waals surface area contributed by atoms with Crippen molar-refractivity contribution in [2.45, 2.75) is 32.2 Å². The van der Waals surface area contributed by atoms with E-state index in [-0.39, 0.29) is 24.2 Å². The molecule has 1 unspecified atom stereocenters. The number of hydrogen-bond acceptors (Lipinski definition) is 4. The molecule has 3 heterocycles. The summed E-state index contributed by atoms with van der Waals surface area (Å²) in [6.07, 6.45) is 4.45. The molecule has 0 saturated carbocycles. The molecule has 1 aliphatic heterocycles. The van der Waals surface area contributed by atoms with Crippen LogP contribution in [0.1, 0.15) is 25.0 Å². The summed E-state index contributed by atoms with van der Waals surface area (Å²) in [4.78, 5) is 27.7. The van der Waals surface area contributed by atoms with Gasteiger partial charge in [0.05, 0.1) is 25.2 Å². The Balaban J connectivity index is 1.41. The standard InChI is InChI=1S/C25H29FN4O3/c1-25(2,28-23(31)15-18-5-3-7-21(26)14-18)24(32)29-11-12-33-17-19(16-29)13-20-6-4-10-30-22(20)8-9-27-30/h3-10,14,19H,11-13,15-17H2,1-2H3,(H,28,31). The Bertz CT molecular complexity index is 1140. The highest BCUT2D eigenvalue weighted by atomic mass is 19.1. The van der Waals surface area contributed by atoms with Crippen LogP contribution in [0, 0.1) is 11.7 Å². The third-order valence-corrected chi connectivity index (χ3v) is 5.90. The lowest BCUT2D eigenvalue weighted by Gasteiger charge is -2.33. The van der Waals surface area contributed by atoms with Crippen molar-refractivity contribution in [1.82, 2.24) is 19.8 Å². The van der Waals surface area contributed by atoms with E-state index in [9.17, 15) is 14.0 Å². The number of halogens is 1. The van der Waals surface area contributed by atoms with E-state index in [4.69, 9.17) is 4.74 Å². The van der Waals surface area contributed by atoms with Crippen LogP contribution >= 0.6 is 0 Å². The van der Waals surface area contributed by atoms with Gasteiger partial charge in [-0.25, -0.2) is 8.91 Å². The molecule has 0 spiro atoms. The molecular formula is C25H29FN4O3. The van der Waals surface area contributed by atoms with Gasteiger partial charge in [0, 0.05) is 31.4 Å². The molecule has 0 aliphatic carbocycles. The van der Waals surface area contributed by atoms with Gasteiger partial charge in [0.1, 0.15) is 11.4 Å². The van der Waals surface area contributed by atoms with Crippen LogP contribution < -0.4 is 5.32 Å². The molecule has 1 fully saturated rings. The first-order valence-corrected chi connectivity index (χ1v) is 11.2. The molecule has 1 aliphatic rings. The molecule has 7 nitrogen and oxygen atoms in total. The fourth-order valence-corrected chi connectivity index (χ4v) is 4.36. The predicted molar refractivity (Wildman–Crippen MR) is 122 cm³/mol. The Morgan fingerprint density at radius 1 is 1.24 bits per heavy atom. The van der Waals surface area contributed by atoms with Gasteiger partial charge in [-0.05, 0) is 55.7 Å². The minimum Gasteiger partial charge on any atom is -0.379 e. The Labute approximate surface area is 192 Å². The summed E-state index contributed by atoms with van der Waals surface area (Å²) in [5.74, 6) is -0.753. The van der Waals surface area contributed by atoms with Crippen molar-refractivity contribution in [2.24, 2.45) is 5.92 Å². The molecular weight excluding hydrogens is 423 g/mol. The maximum atomic E-state index is 13.4. The maximum Gasteiger partial charge on any atom is 0.247 e. The average Bonchev–Trinajstić information content (AvgIpc) is 3.13. The van der Waals surface area contributed by atoms with Crippen LogP contribution in [-0.2, 0) is 27.2 Å². The van der Waals surface area contributed by atoms with Gasteiger partial charge < -0.3 is 15.0 Å². The number of nitrogens with zero attached hydrogens (tertiary/aromatic N) is 3. The molecule has 1 atom stereocenters. The van der Waals surface area contributed by atoms with Gasteiger partial charge in [-0.3, -0.25) is 9.59 Å². The van der Waals surface area contributed by atoms with E-state index in [1.807, 2.05) is 22.8 Å². The van der Waals surface area contributed by atoms with Crippen molar-refractivity contribution in [3.63, 3.8) is 0 Å². The van der Waals surface area contributed by atoms with Gasteiger partial charge in [0.25, 0.3) is 0 Å². The smallest absolute Gasteiger partial charge is 0.247 e. The van der Waals surface area contributed by atoms with Crippen LogP contribution in [0.2, 0.25) is 0 Å². The molecule has 0 bridgehead atoms. The zero-order valence-corrected chi connectivity index (χ0v) is 19.0. The van der Waals surface area contributed by atoms with Crippen molar-refractivity contribution >= 4 is 17.3 Å². The van der Waals surface area contributed by atoms with Gasteiger partial charge >= 0.3 is 0 Å². The van der Waals surface area contributed by atoms with Crippen molar-refractivity contribution in [3.8, 4) is 0 Å². The van der Waals surface area contributed by atoms with E-state index in [2.05, 4.69) is 16.5 Å². The van der Waals surface area contributed by atoms with E-state index in [1.54, 1.807) is 37.1 Å². The first-order valence-electron chi connectivity index (χ1n) is 11.2. The number of hydrogen-bond donors (Lipinski definition) is 1. The fourth-order valence-electron chi connectivity index (χ4n) is 4.36. The second-order valence-electron chi connectivity index (χ2n) is 9.07. The molecule has 1 aromatic carbocycles. The monoisotopic (exact) mass is 452 g/mol. The van der Waals surface area contributed by atoms with Crippen LogP contribution in [0.15, 0.2) is 54.9 Å². The van der Waals surface area contributed by atoms with Gasteiger partial charge in [-0.15, -0.1) is 0 Å². The molecule has 2 aromatic heterocycles. The Morgan fingerprint density at radius 3 is 2.91 bits per heavy atom. The Kier molecular flexibility index (Phi) is 6.74. The van der Waals surface area contributed by atoms with Crippen molar-refractivity contribution in [3.05, 3.63) is 71.8 Å². The van der Waals surface area contributed by atoms with Gasteiger partial charge in [0.15, 0.2) is 0 Å². The van der Waals surface area contributed by atoms with E-state index in [0.29, 0.717) is 31.9 Å². The van der Waals surface area contributed by atoms with E-state index in [1.165, 1.54) is 12.1 Å². The normalized spacial score (nSPS) is 17.1. The van der Waals surface area contributed by atoms with E-state index >= 15 is 0 Å². The predicted octanol–water partition coefficient (Wildman–Crippen LogP) is 2.63. The van der Waals surface area contributed by atoms with Crippen molar-refractivity contribution in [2.75, 3.05) is 26.3 Å². The lowest BCUT2D eigenvalue weighted by molar-refractivity contribution is -0.140. The number of nitrogens with one attached hydrogen (secondary N) is 1. The van der Waals surface area contributed by atoms with Gasteiger partial charge in [-0.1, -0.05) is 18.2 Å². The lowest BCUT2D eigenvalue weighted by atomic mass is 9.97. The Hall–Kier alpha value is -3.26. The first-order chi connectivity index (χ1) is 15.8. The SMILES string of the molecule is CC(C)(NC(=O)Cc1cccc(F)c1)C(=O)N1CCOCC(Cc2cccn3nccc23)C1. The lowest BCUT2D eigenvalue weighted by Crippen LogP contribution is -2.57. The molecule has 4 rings (SSSR count). The zero-order valence-electron chi connectivity index (χ0n) is 19.0. The number of aromatic nitrogens is 2. The minimum atomic E-state index is -1.09. The number of rotatable bonds is 6. The molecule has 8 heteroatoms. The molecule has 1 N–H and O–H groups in total. The molecule has 1 saturated heterocycles. The fraction of sp³-hybridized carbons (Fsp3) is 0.400. The molecule has 3 aromatic rings. The molecule has 33 heavy (non-hydrogen) atoms. The zero-order chi connectivity index (χ0) is 23.4. The summed E-state index contributed by atoms with van der Waals surface area (Å²) < 4.78 is 21.1. The highest BCUT2D eigenvalue weighted by Gasteiger charge is 2.35. The van der Waals surface area contributed by atoms with Crippen LogP contribution in [0.5, 0.6) is 0 Å². The Morgan fingerprint density at radius 2 is 2.09 bits per heavy atom. The van der Waals surface area contributed by atoms with Crippen LogP contribution in [0.3, 0.4) is 0 Å². The highest BCUT2D eigenvalue weighted by molar-refractivity contribution is 5.91. The molecule has 174 valence electrons. The summed E-state index contributed by atoms with van der Waals surface area (Å²) in [5.41, 5.74) is 1.67. The summed E-state index contributed by atoms with van der Waals surface area (Å²) in [6, 6.07) is 11.9. The van der Waals surface area contributed by atoms with Crippen LogP contribution in [-0.4, -0.2) is 58.2 Å². The number of fused-ring (bicyclic) bond motifs is 1. The minimum absolute atomic E-state index is 0.00949. The van der Waals surface area contributed by atoms with Crippen molar-refractivity contribution in [1.29, 1.82) is 0 Å². The largest absolute Gasteiger partial charge is 0.379 e. The van der Waals surface area contributed by atoms with Gasteiger partial charge in [-0.2, -0.15) is 5.10 Å².